The van der Waals surface area contributed by atoms with Gasteiger partial charge in [-0.15, -0.1) is 0 Å². The highest BCUT2D eigenvalue weighted by molar-refractivity contribution is 5.74. The van der Waals surface area contributed by atoms with E-state index in [4.69, 9.17) is 4.74 Å². The van der Waals surface area contributed by atoms with Gasteiger partial charge in [-0.05, 0) is 20.3 Å². The van der Waals surface area contributed by atoms with Crippen LogP contribution in [-0.2, 0) is 9.53 Å². The van der Waals surface area contributed by atoms with E-state index in [1.807, 2.05) is 6.92 Å². The van der Waals surface area contributed by atoms with Crippen molar-refractivity contribution in [2.45, 2.75) is 45.6 Å². The number of carbonyl (C=O) groups excluding carboxylic acids is 1. The Morgan fingerprint density at radius 3 is 2.60 bits per heavy atom. The molecule has 0 rings (SSSR count). The zero-order valence-electron chi connectivity index (χ0n) is 10.1. The Kier molecular flexibility index (Phi) is 6.25. The Bertz CT molecular complexity index is 219. The van der Waals surface area contributed by atoms with Gasteiger partial charge in [-0.2, -0.15) is 0 Å². The molecule has 15 heavy (non-hydrogen) atoms. The van der Waals surface area contributed by atoms with Crippen molar-refractivity contribution in [3.05, 3.63) is 12.2 Å². The van der Waals surface area contributed by atoms with Gasteiger partial charge in [-0.1, -0.05) is 31.9 Å². The van der Waals surface area contributed by atoms with Gasteiger partial charge in [0.25, 0.3) is 0 Å². The Morgan fingerprint density at radius 1 is 1.60 bits per heavy atom. The molecule has 0 heterocycles. The number of methoxy groups -OCH3 is 1. The fourth-order valence-electron chi connectivity index (χ4n) is 1.65. The number of hydrogen-bond acceptors (Lipinski definition) is 3. The number of aliphatic hydroxyl groups is 1. The minimum absolute atomic E-state index is 0.341. The molecule has 0 saturated heterocycles. The number of esters is 1. The molecule has 0 amide bonds. The molecular weight excluding hydrogens is 192 g/mol. The van der Waals surface area contributed by atoms with E-state index in [1.54, 1.807) is 19.1 Å². The van der Waals surface area contributed by atoms with Gasteiger partial charge in [0.1, 0.15) is 0 Å². The van der Waals surface area contributed by atoms with Crippen LogP contribution >= 0.6 is 0 Å². The van der Waals surface area contributed by atoms with Crippen molar-refractivity contribution in [3.8, 4) is 0 Å². The molecule has 0 aliphatic heterocycles. The van der Waals surface area contributed by atoms with Gasteiger partial charge in [0.2, 0.25) is 0 Å². The van der Waals surface area contributed by atoms with Crippen LogP contribution in [0.2, 0.25) is 0 Å². The topological polar surface area (TPSA) is 46.5 Å². The van der Waals surface area contributed by atoms with E-state index in [9.17, 15) is 9.90 Å². The summed E-state index contributed by atoms with van der Waals surface area (Å²) >= 11 is 0. The summed E-state index contributed by atoms with van der Waals surface area (Å²) < 4.78 is 4.71. The largest absolute Gasteiger partial charge is 0.469 e. The van der Waals surface area contributed by atoms with Gasteiger partial charge in [0.15, 0.2) is 0 Å². The second-order valence-electron chi connectivity index (χ2n) is 3.94. The van der Waals surface area contributed by atoms with Crippen LogP contribution in [0.25, 0.3) is 0 Å². The normalized spacial score (nSPS) is 17.4. The lowest BCUT2D eigenvalue weighted by molar-refractivity contribution is -0.152. The molecule has 2 atom stereocenters. The monoisotopic (exact) mass is 214 g/mol. The minimum Gasteiger partial charge on any atom is -0.469 e. The lowest BCUT2D eigenvalue weighted by Gasteiger charge is -2.28. The molecule has 3 nitrogen and oxygen atoms in total. The number of carbonyl (C=O) groups is 1. The van der Waals surface area contributed by atoms with Gasteiger partial charge < -0.3 is 9.84 Å². The summed E-state index contributed by atoms with van der Waals surface area (Å²) in [6.07, 6.45) is 5.96. The van der Waals surface area contributed by atoms with E-state index in [2.05, 4.69) is 6.92 Å². The number of ether oxygens (including phenoxy) is 1. The van der Waals surface area contributed by atoms with Gasteiger partial charge in [0, 0.05) is 0 Å². The third-order valence-corrected chi connectivity index (χ3v) is 2.54. The Balaban J connectivity index is 4.67. The summed E-state index contributed by atoms with van der Waals surface area (Å²) in [4.78, 5) is 11.5. The van der Waals surface area contributed by atoms with Crippen LogP contribution in [-0.4, -0.2) is 23.8 Å². The fourth-order valence-corrected chi connectivity index (χ4v) is 1.65. The van der Waals surface area contributed by atoms with Gasteiger partial charge in [-0.3, -0.25) is 4.79 Å². The minimum atomic E-state index is -1.11. The molecular formula is C12H22O3. The molecule has 0 aromatic carbocycles. The van der Waals surface area contributed by atoms with E-state index >= 15 is 0 Å². The first-order chi connectivity index (χ1) is 6.99. The summed E-state index contributed by atoms with van der Waals surface area (Å²) in [5, 5.41) is 10.1. The summed E-state index contributed by atoms with van der Waals surface area (Å²) in [7, 11) is 1.35. The highest BCUT2D eigenvalue weighted by Gasteiger charge is 2.35. The van der Waals surface area contributed by atoms with Gasteiger partial charge >= 0.3 is 5.97 Å². The van der Waals surface area contributed by atoms with Crippen LogP contribution < -0.4 is 0 Å². The maximum Gasteiger partial charge on any atom is 0.311 e. The maximum absolute atomic E-state index is 11.5. The van der Waals surface area contributed by atoms with Crippen LogP contribution in [0, 0.1) is 5.92 Å². The van der Waals surface area contributed by atoms with E-state index in [0.717, 1.165) is 12.8 Å². The smallest absolute Gasteiger partial charge is 0.311 e. The van der Waals surface area contributed by atoms with Crippen molar-refractivity contribution in [1.82, 2.24) is 0 Å². The van der Waals surface area contributed by atoms with E-state index in [0.29, 0.717) is 6.42 Å². The predicted molar refractivity (Wildman–Crippen MR) is 60.5 cm³/mol. The molecule has 0 aromatic rings. The molecule has 3 heteroatoms. The molecule has 0 aliphatic rings. The first-order valence-corrected chi connectivity index (χ1v) is 5.43. The Morgan fingerprint density at radius 2 is 2.20 bits per heavy atom. The predicted octanol–water partition coefficient (Wildman–Crippen LogP) is 2.29. The Hall–Kier alpha value is -0.830. The summed E-state index contributed by atoms with van der Waals surface area (Å²) in [6, 6.07) is 0. The molecule has 0 aliphatic carbocycles. The highest BCUT2D eigenvalue weighted by atomic mass is 16.5. The molecule has 0 fully saturated rings. The molecule has 1 N–H and O–H groups in total. The molecule has 88 valence electrons. The van der Waals surface area contributed by atoms with Crippen LogP contribution in [0.3, 0.4) is 0 Å². The van der Waals surface area contributed by atoms with E-state index in [1.165, 1.54) is 7.11 Å². The third kappa shape index (κ3) is 4.47. The maximum atomic E-state index is 11.5. The zero-order chi connectivity index (χ0) is 11.9. The molecule has 0 saturated carbocycles. The average Bonchev–Trinajstić information content (AvgIpc) is 2.17. The number of unbranched alkanes of at least 4 members (excludes halogenated alkanes) is 1. The lowest BCUT2D eigenvalue weighted by atomic mass is 9.85. The lowest BCUT2D eigenvalue weighted by Crippen LogP contribution is -2.38. The summed E-state index contributed by atoms with van der Waals surface area (Å²) in [6.45, 7) is 5.52. The van der Waals surface area contributed by atoms with Crippen molar-refractivity contribution < 1.29 is 14.6 Å². The summed E-state index contributed by atoms with van der Waals surface area (Å²) in [5.41, 5.74) is -1.11. The van der Waals surface area contributed by atoms with Gasteiger partial charge in [0.05, 0.1) is 18.6 Å². The fraction of sp³-hybridized carbons (Fsp3) is 0.750. The van der Waals surface area contributed by atoms with Crippen molar-refractivity contribution >= 4 is 5.97 Å². The van der Waals surface area contributed by atoms with Crippen LogP contribution in [0.15, 0.2) is 12.2 Å². The van der Waals surface area contributed by atoms with Crippen molar-refractivity contribution in [1.29, 1.82) is 0 Å². The number of allylic oxidation sites excluding steroid dienone is 1. The zero-order valence-corrected chi connectivity index (χ0v) is 10.1. The second kappa shape index (κ2) is 6.62. The van der Waals surface area contributed by atoms with Gasteiger partial charge in [-0.25, -0.2) is 0 Å². The van der Waals surface area contributed by atoms with Crippen LogP contribution in [0.4, 0.5) is 0 Å². The van der Waals surface area contributed by atoms with Crippen molar-refractivity contribution in [3.63, 3.8) is 0 Å². The second-order valence-corrected chi connectivity index (χ2v) is 3.94. The Labute approximate surface area is 92.1 Å². The molecule has 0 aromatic heterocycles. The first kappa shape index (κ1) is 14.2. The summed E-state index contributed by atoms with van der Waals surface area (Å²) in [5.74, 6) is -0.815. The average molecular weight is 214 g/mol. The molecule has 2 unspecified atom stereocenters. The third-order valence-electron chi connectivity index (χ3n) is 2.54. The van der Waals surface area contributed by atoms with Crippen molar-refractivity contribution in [2.75, 3.05) is 7.11 Å². The standard InChI is InChI=1S/C12H22O3/c1-5-7-8-10(11(13)15-4)12(3,14)9-6-2/h6,9-10,14H,5,7-8H2,1-4H3. The molecule has 0 spiro atoms. The highest BCUT2D eigenvalue weighted by Crippen LogP contribution is 2.25. The molecule has 0 bridgehead atoms. The SMILES string of the molecule is CC=CC(C)(O)C(CCCC)C(=O)OC. The molecule has 0 radical (unpaired) electrons. The van der Waals surface area contributed by atoms with Crippen LogP contribution in [0.5, 0.6) is 0 Å². The van der Waals surface area contributed by atoms with Crippen molar-refractivity contribution in [2.24, 2.45) is 5.92 Å². The van der Waals surface area contributed by atoms with Crippen LogP contribution in [0.1, 0.15) is 40.0 Å². The van der Waals surface area contributed by atoms with E-state index < -0.39 is 11.5 Å². The number of rotatable bonds is 6. The first-order valence-electron chi connectivity index (χ1n) is 5.43. The quantitative estimate of drug-likeness (QED) is 0.545. The number of hydrogen-bond donors (Lipinski definition) is 1. The van der Waals surface area contributed by atoms with E-state index in [-0.39, 0.29) is 5.97 Å².